The molecule has 3 heteroatoms. The van der Waals surface area contributed by atoms with Crippen molar-refractivity contribution in [1.82, 2.24) is 4.90 Å². The lowest BCUT2D eigenvalue weighted by molar-refractivity contribution is 0.110. The van der Waals surface area contributed by atoms with Crippen molar-refractivity contribution in [2.75, 3.05) is 20.3 Å². The molecule has 0 spiro atoms. The second kappa shape index (κ2) is 9.08. The van der Waals surface area contributed by atoms with Crippen LogP contribution in [0.1, 0.15) is 37.8 Å². The fraction of sp³-hybridized carbons (Fsp3) is 0.625. The zero-order valence-electron chi connectivity index (χ0n) is 12.4. The lowest BCUT2D eigenvalue weighted by atomic mass is 10.1. The molecule has 0 atom stereocenters. The molecule has 1 rings (SSSR count). The Bertz CT molecular complexity index is 333. The molecule has 0 aromatic heterocycles. The average Bonchev–Trinajstić information content (AvgIpc) is 2.46. The Kier molecular flexibility index (Phi) is 7.72. The highest BCUT2D eigenvalue weighted by Gasteiger charge is 2.15. The quantitative estimate of drug-likeness (QED) is 0.745. The fourth-order valence-electron chi connectivity index (χ4n) is 2.39. The molecule has 0 bridgehead atoms. The first-order valence-corrected chi connectivity index (χ1v) is 7.16. The first-order valence-electron chi connectivity index (χ1n) is 7.16. The third-order valence-electron chi connectivity index (χ3n) is 3.63. The molecule has 0 saturated heterocycles. The molecule has 0 radical (unpaired) electrons. The van der Waals surface area contributed by atoms with Gasteiger partial charge in [-0.15, -0.1) is 0 Å². The molecule has 108 valence electrons. The number of aliphatic hydroxyl groups is 1. The van der Waals surface area contributed by atoms with Crippen LogP contribution in [0, 0.1) is 0 Å². The summed E-state index contributed by atoms with van der Waals surface area (Å²) in [6.07, 6.45) is 2.32. The van der Waals surface area contributed by atoms with E-state index in [1.54, 1.807) is 7.11 Å². The van der Waals surface area contributed by atoms with Crippen LogP contribution in [-0.4, -0.2) is 36.3 Å². The molecule has 19 heavy (non-hydrogen) atoms. The normalized spacial score (nSPS) is 11.5. The molecular formula is C16H27NO2. The van der Waals surface area contributed by atoms with Crippen molar-refractivity contribution >= 4 is 0 Å². The van der Waals surface area contributed by atoms with Gasteiger partial charge in [-0.2, -0.15) is 0 Å². The van der Waals surface area contributed by atoms with Gasteiger partial charge in [-0.05, 0) is 24.0 Å². The van der Waals surface area contributed by atoms with Crippen LogP contribution in [-0.2, 0) is 17.9 Å². The van der Waals surface area contributed by atoms with E-state index in [1.165, 1.54) is 5.56 Å². The first kappa shape index (κ1) is 16.2. The van der Waals surface area contributed by atoms with Gasteiger partial charge in [0.25, 0.3) is 0 Å². The lowest BCUT2D eigenvalue weighted by Crippen LogP contribution is -2.36. The minimum absolute atomic E-state index is 0.111. The second-order valence-electron chi connectivity index (χ2n) is 4.91. The maximum Gasteiger partial charge on any atom is 0.0681 e. The molecule has 0 amide bonds. The summed E-state index contributed by atoms with van der Waals surface area (Å²) in [5, 5.41) is 9.06. The van der Waals surface area contributed by atoms with E-state index in [0.717, 1.165) is 38.1 Å². The Morgan fingerprint density at radius 3 is 2.16 bits per heavy atom. The summed E-state index contributed by atoms with van der Waals surface area (Å²) in [6, 6.07) is 8.81. The number of rotatable bonds is 9. The van der Waals surface area contributed by atoms with Gasteiger partial charge in [0.1, 0.15) is 0 Å². The molecule has 0 aliphatic carbocycles. The topological polar surface area (TPSA) is 32.7 Å². The van der Waals surface area contributed by atoms with Crippen LogP contribution in [0.3, 0.4) is 0 Å². The zero-order chi connectivity index (χ0) is 14.1. The van der Waals surface area contributed by atoms with Crippen molar-refractivity contribution in [3.8, 4) is 0 Å². The van der Waals surface area contributed by atoms with Crippen molar-refractivity contribution in [1.29, 1.82) is 0 Å². The highest BCUT2D eigenvalue weighted by molar-refractivity contribution is 5.21. The molecule has 0 saturated carbocycles. The van der Waals surface area contributed by atoms with E-state index < -0.39 is 0 Å². The number of ether oxygens (including phenoxy) is 1. The van der Waals surface area contributed by atoms with Crippen LogP contribution >= 0.6 is 0 Å². The highest BCUT2D eigenvalue weighted by atomic mass is 16.5. The van der Waals surface area contributed by atoms with Gasteiger partial charge < -0.3 is 9.84 Å². The van der Waals surface area contributed by atoms with Crippen LogP contribution in [0.15, 0.2) is 24.3 Å². The molecule has 0 heterocycles. The number of methoxy groups -OCH3 is 1. The van der Waals surface area contributed by atoms with E-state index in [1.807, 2.05) is 12.1 Å². The summed E-state index contributed by atoms with van der Waals surface area (Å²) in [5.74, 6) is 0. The summed E-state index contributed by atoms with van der Waals surface area (Å²) in [6.45, 7) is 7.27. The van der Waals surface area contributed by atoms with Gasteiger partial charge in [0, 0.05) is 26.2 Å². The summed E-state index contributed by atoms with van der Waals surface area (Å²) in [5.41, 5.74) is 2.26. The predicted octanol–water partition coefficient (Wildman–Crippen LogP) is 2.82. The average molecular weight is 265 g/mol. The third kappa shape index (κ3) is 5.31. The Hall–Kier alpha value is -0.900. The number of hydrogen-bond acceptors (Lipinski definition) is 3. The van der Waals surface area contributed by atoms with Crippen molar-refractivity contribution in [3.63, 3.8) is 0 Å². The summed E-state index contributed by atoms with van der Waals surface area (Å²) >= 11 is 0. The number of nitrogens with zero attached hydrogens (tertiary/aromatic N) is 1. The summed E-state index contributed by atoms with van der Waals surface area (Å²) < 4.78 is 5.21. The van der Waals surface area contributed by atoms with Gasteiger partial charge in [-0.1, -0.05) is 38.1 Å². The molecule has 0 fully saturated rings. The van der Waals surface area contributed by atoms with Crippen LogP contribution in [0.2, 0.25) is 0 Å². The third-order valence-corrected chi connectivity index (χ3v) is 3.63. The van der Waals surface area contributed by atoms with E-state index in [9.17, 15) is 0 Å². The summed E-state index contributed by atoms with van der Waals surface area (Å²) in [4.78, 5) is 2.48. The molecule has 0 unspecified atom stereocenters. The van der Waals surface area contributed by atoms with Gasteiger partial charge >= 0.3 is 0 Å². The van der Waals surface area contributed by atoms with Crippen molar-refractivity contribution in [2.24, 2.45) is 0 Å². The highest BCUT2D eigenvalue weighted by Crippen LogP contribution is 2.14. The molecular weight excluding hydrogens is 238 g/mol. The van der Waals surface area contributed by atoms with Crippen LogP contribution in [0.5, 0.6) is 0 Å². The molecule has 3 nitrogen and oxygen atoms in total. The van der Waals surface area contributed by atoms with Gasteiger partial charge in [0.15, 0.2) is 0 Å². The van der Waals surface area contributed by atoms with E-state index in [0.29, 0.717) is 6.04 Å². The Balaban J connectivity index is 2.68. The van der Waals surface area contributed by atoms with Crippen molar-refractivity contribution < 1.29 is 9.84 Å². The van der Waals surface area contributed by atoms with Crippen LogP contribution in [0.4, 0.5) is 0 Å². The van der Waals surface area contributed by atoms with E-state index in [-0.39, 0.29) is 6.61 Å². The standard InChI is InChI=1S/C16H27NO2/c1-4-16(5-2)17(10-11-19-3)12-14-6-8-15(13-18)9-7-14/h6-9,16,18H,4-5,10-13H2,1-3H3. The Morgan fingerprint density at radius 1 is 1.11 bits per heavy atom. The minimum atomic E-state index is 0.111. The van der Waals surface area contributed by atoms with Crippen molar-refractivity contribution in [2.45, 2.75) is 45.9 Å². The second-order valence-corrected chi connectivity index (χ2v) is 4.91. The number of hydrogen-bond donors (Lipinski definition) is 1. The monoisotopic (exact) mass is 265 g/mol. The molecule has 0 aliphatic rings. The Morgan fingerprint density at radius 2 is 1.68 bits per heavy atom. The van der Waals surface area contributed by atoms with Gasteiger partial charge in [-0.25, -0.2) is 0 Å². The van der Waals surface area contributed by atoms with Crippen molar-refractivity contribution in [3.05, 3.63) is 35.4 Å². The van der Waals surface area contributed by atoms with E-state index in [4.69, 9.17) is 9.84 Å². The molecule has 1 aromatic rings. The molecule has 1 N–H and O–H groups in total. The smallest absolute Gasteiger partial charge is 0.0681 e. The Labute approximate surface area is 117 Å². The molecule has 0 aliphatic heterocycles. The SMILES string of the molecule is CCC(CC)N(CCOC)Cc1ccc(CO)cc1. The minimum Gasteiger partial charge on any atom is -0.392 e. The van der Waals surface area contributed by atoms with E-state index >= 15 is 0 Å². The maximum atomic E-state index is 9.06. The predicted molar refractivity (Wildman–Crippen MR) is 79.0 cm³/mol. The van der Waals surface area contributed by atoms with E-state index in [2.05, 4.69) is 30.9 Å². The number of aliphatic hydroxyl groups excluding tert-OH is 1. The zero-order valence-corrected chi connectivity index (χ0v) is 12.4. The van der Waals surface area contributed by atoms with Gasteiger partial charge in [0.2, 0.25) is 0 Å². The summed E-state index contributed by atoms with van der Waals surface area (Å²) in [7, 11) is 1.75. The molecule has 1 aromatic carbocycles. The maximum absolute atomic E-state index is 9.06. The van der Waals surface area contributed by atoms with Gasteiger partial charge in [0.05, 0.1) is 13.2 Å². The number of benzene rings is 1. The van der Waals surface area contributed by atoms with Crippen LogP contribution in [0.25, 0.3) is 0 Å². The van der Waals surface area contributed by atoms with Crippen LogP contribution < -0.4 is 0 Å². The van der Waals surface area contributed by atoms with Gasteiger partial charge in [-0.3, -0.25) is 4.90 Å². The fourth-order valence-corrected chi connectivity index (χ4v) is 2.39. The largest absolute Gasteiger partial charge is 0.392 e. The lowest BCUT2D eigenvalue weighted by Gasteiger charge is -2.30. The first-order chi connectivity index (χ1) is 9.24.